The second-order valence-electron chi connectivity index (χ2n) is 5.93. The number of methoxy groups -OCH3 is 2. The maximum absolute atomic E-state index is 13.4. The van der Waals surface area contributed by atoms with Gasteiger partial charge in [0.15, 0.2) is 0 Å². The van der Waals surface area contributed by atoms with E-state index in [2.05, 4.69) is 0 Å². The lowest BCUT2D eigenvalue weighted by Gasteiger charge is -2.23. The fraction of sp³-hybridized carbons (Fsp3) is 0.0952. The Morgan fingerprint density at radius 2 is 1.48 bits per heavy atom. The van der Waals surface area contributed by atoms with Crippen LogP contribution in [0.25, 0.3) is 0 Å². The zero-order chi connectivity index (χ0) is 21.0. The maximum Gasteiger partial charge on any atom is 0.276 e. The van der Waals surface area contributed by atoms with Gasteiger partial charge >= 0.3 is 0 Å². The summed E-state index contributed by atoms with van der Waals surface area (Å²) in [7, 11) is -1.32. The van der Waals surface area contributed by atoms with E-state index in [1.165, 1.54) is 56.7 Å². The van der Waals surface area contributed by atoms with Crippen LogP contribution in [0.5, 0.6) is 11.5 Å². The summed E-state index contributed by atoms with van der Waals surface area (Å²) in [5.41, 5.74) is 0.278. The minimum atomic E-state index is -4.23. The zero-order valence-electron chi connectivity index (χ0n) is 15.7. The minimum absolute atomic E-state index is 0.0685. The molecule has 0 heterocycles. The lowest BCUT2D eigenvalue weighted by Crippen LogP contribution is -2.37. The number of sulfonamides is 1. The second-order valence-corrected chi connectivity index (χ2v) is 8.15. The molecule has 3 aromatic rings. The highest BCUT2D eigenvalue weighted by Crippen LogP contribution is 2.30. The van der Waals surface area contributed by atoms with Crippen LogP contribution >= 0.6 is 11.6 Å². The summed E-state index contributed by atoms with van der Waals surface area (Å²) in [6, 6.07) is 18.2. The van der Waals surface area contributed by atoms with E-state index in [0.29, 0.717) is 10.8 Å². The molecule has 0 fully saturated rings. The van der Waals surface area contributed by atoms with Crippen LogP contribution < -0.4 is 13.8 Å². The first kappa shape index (κ1) is 20.7. The Kier molecular flexibility index (Phi) is 6.10. The molecule has 0 saturated heterocycles. The van der Waals surface area contributed by atoms with E-state index in [-0.39, 0.29) is 21.9 Å². The molecule has 0 unspecified atom stereocenters. The summed E-state index contributed by atoms with van der Waals surface area (Å²) < 4.78 is 37.9. The molecule has 0 aliphatic rings. The van der Waals surface area contributed by atoms with Crippen molar-refractivity contribution in [2.75, 3.05) is 18.5 Å². The highest BCUT2D eigenvalue weighted by Gasteiger charge is 2.33. The van der Waals surface area contributed by atoms with Crippen molar-refractivity contribution in [1.82, 2.24) is 0 Å². The van der Waals surface area contributed by atoms with Gasteiger partial charge in [-0.25, -0.2) is 8.42 Å². The number of amides is 1. The molecule has 0 aliphatic carbocycles. The van der Waals surface area contributed by atoms with Crippen molar-refractivity contribution in [3.8, 4) is 11.5 Å². The molecular weight excluding hydrogens is 414 g/mol. The summed E-state index contributed by atoms with van der Waals surface area (Å²) in [5.74, 6) is 0.0483. The number of hydrogen-bond donors (Lipinski definition) is 0. The zero-order valence-corrected chi connectivity index (χ0v) is 17.3. The molecule has 0 aromatic heterocycles. The van der Waals surface area contributed by atoms with Gasteiger partial charge in [-0.1, -0.05) is 23.7 Å². The van der Waals surface area contributed by atoms with E-state index in [0.717, 1.165) is 4.31 Å². The monoisotopic (exact) mass is 431 g/mol. The molecule has 29 heavy (non-hydrogen) atoms. The largest absolute Gasteiger partial charge is 0.497 e. The van der Waals surface area contributed by atoms with Crippen LogP contribution in [0.15, 0.2) is 77.7 Å². The molecule has 0 bridgehead atoms. The predicted octanol–water partition coefficient (Wildman–Crippen LogP) is 4.39. The number of carbonyl (C=O) groups excluding carboxylic acids is 1. The summed E-state index contributed by atoms with van der Waals surface area (Å²) in [5, 5.41) is 0.385. The fourth-order valence-corrected chi connectivity index (χ4v) is 4.26. The molecule has 150 valence electrons. The number of para-hydroxylation sites is 1. The van der Waals surface area contributed by atoms with E-state index in [1.807, 2.05) is 0 Å². The summed E-state index contributed by atoms with van der Waals surface area (Å²) in [4.78, 5) is 13.3. The second kappa shape index (κ2) is 8.55. The Balaban J connectivity index is 2.18. The molecule has 3 rings (SSSR count). The average Bonchev–Trinajstić information content (AvgIpc) is 2.74. The summed E-state index contributed by atoms with van der Waals surface area (Å²) in [6.07, 6.45) is 0. The van der Waals surface area contributed by atoms with E-state index in [9.17, 15) is 13.2 Å². The van der Waals surface area contributed by atoms with Crippen LogP contribution in [0, 0.1) is 0 Å². The van der Waals surface area contributed by atoms with Gasteiger partial charge in [0.25, 0.3) is 15.9 Å². The molecule has 0 spiro atoms. The molecule has 0 aliphatic heterocycles. The number of carbonyl (C=O) groups is 1. The topological polar surface area (TPSA) is 72.9 Å². The van der Waals surface area contributed by atoms with Crippen molar-refractivity contribution < 1.29 is 22.7 Å². The Labute approximate surface area is 174 Å². The number of anilines is 1. The maximum atomic E-state index is 13.4. The van der Waals surface area contributed by atoms with Crippen LogP contribution in [-0.2, 0) is 10.0 Å². The quantitative estimate of drug-likeness (QED) is 0.578. The highest BCUT2D eigenvalue weighted by molar-refractivity contribution is 7.93. The standard InChI is InChI=1S/C21H18ClNO5S/c1-27-17-11-9-16(10-12-17)23(21(24)19-5-3-4-6-20(19)28-2)29(25,26)18-13-7-15(22)8-14-18/h3-14H,1-2H3. The first-order chi connectivity index (χ1) is 13.9. The van der Waals surface area contributed by atoms with Crippen molar-refractivity contribution >= 4 is 33.2 Å². The van der Waals surface area contributed by atoms with Crippen LogP contribution in [0.3, 0.4) is 0 Å². The third-order valence-electron chi connectivity index (χ3n) is 4.18. The molecule has 3 aromatic carbocycles. The number of benzene rings is 3. The third kappa shape index (κ3) is 4.21. The molecule has 8 heteroatoms. The van der Waals surface area contributed by atoms with E-state index >= 15 is 0 Å². The normalized spacial score (nSPS) is 11.0. The number of halogens is 1. The van der Waals surface area contributed by atoms with Crippen LogP contribution in [0.4, 0.5) is 5.69 Å². The van der Waals surface area contributed by atoms with Gasteiger partial charge in [0.1, 0.15) is 11.5 Å². The number of rotatable bonds is 6. The predicted molar refractivity (Wildman–Crippen MR) is 111 cm³/mol. The van der Waals surface area contributed by atoms with Crippen LogP contribution in [0.1, 0.15) is 10.4 Å². The Morgan fingerprint density at radius 1 is 0.862 bits per heavy atom. The van der Waals surface area contributed by atoms with E-state index in [1.54, 1.807) is 30.3 Å². The Bertz CT molecular complexity index is 1110. The Hall–Kier alpha value is -3.03. The van der Waals surface area contributed by atoms with Gasteiger partial charge in [-0.05, 0) is 60.7 Å². The molecule has 0 radical (unpaired) electrons. The molecule has 0 saturated carbocycles. The van der Waals surface area contributed by atoms with Gasteiger partial charge < -0.3 is 9.47 Å². The molecular formula is C21H18ClNO5S. The van der Waals surface area contributed by atoms with Crippen molar-refractivity contribution in [2.45, 2.75) is 4.90 Å². The lowest BCUT2D eigenvalue weighted by molar-refractivity contribution is 0.100. The third-order valence-corrected chi connectivity index (χ3v) is 6.16. The number of hydrogen-bond acceptors (Lipinski definition) is 5. The number of ether oxygens (including phenoxy) is 2. The molecule has 1 amide bonds. The van der Waals surface area contributed by atoms with Crippen molar-refractivity contribution in [1.29, 1.82) is 0 Å². The summed E-state index contributed by atoms with van der Waals surface area (Å²) in [6.45, 7) is 0. The fourth-order valence-electron chi connectivity index (χ4n) is 2.73. The molecule has 0 atom stereocenters. The number of nitrogens with zero attached hydrogens (tertiary/aromatic N) is 1. The van der Waals surface area contributed by atoms with Gasteiger partial charge in [-0.3, -0.25) is 4.79 Å². The van der Waals surface area contributed by atoms with Gasteiger partial charge in [-0.2, -0.15) is 4.31 Å². The van der Waals surface area contributed by atoms with Crippen LogP contribution in [-0.4, -0.2) is 28.5 Å². The van der Waals surface area contributed by atoms with Crippen molar-refractivity contribution in [3.63, 3.8) is 0 Å². The van der Waals surface area contributed by atoms with Gasteiger partial charge in [0, 0.05) is 5.02 Å². The first-order valence-corrected chi connectivity index (χ1v) is 10.3. The highest BCUT2D eigenvalue weighted by atomic mass is 35.5. The smallest absolute Gasteiger partial charge is 0.276 e. The van der Waals surface area contributed by atoms with Gasteiger partial charge in [0.2, 0.25) is 0 Å². The lowest BCUT2D eigenvalue weighted by atomic mass is 10.2. The van der Waals surface area contributed by atoms with Gasteiger partial charge in [0.05, 0.1) is 30.4 Å². The average molecular weight is 432 g/mol. The molecule has 0 N–H and O–H groups in total. The van der Waals surface area contributed by atoms with Crippen molar-refractivity contribution in [3.05, 3.63) is 83.4 Å². The summed E-state index contributed by atoms with van der Waals surface area (Å²) >= 11 is 5.88. The Morgan fingerprint density at radius 3 is 2.07 bits per heavy atom. The van der Waals surface area contributed by atoms with Crippen molar-refractivity contribution in [2.24, 2.45) is 0 Å². The van der Waals surface area contributed by atoms with Crippen LogP contribution in [0.2, 0.25) is 5.02 Å². The van der Waals surface area contributed by atoms with E-state index < -0.39 is 15.9 Å². The minimum Gasteiger partial charge on any atom is -0.497 e. The first-order valence-electron chi connectivity index (χ1n) is 8.51. The molecule has 6 nitrogen and oxygen atoms in total. The SMILES string of the molecule is COc1ccc(N(C(=O)c2ccccc2OC)S(=O)(=O)c2ccc(Cl)cc2)cc1. The van der Waals surface area contributed by atoms with Gasteiger partial charge in [-0.15, -0.1) is 0 Å². The van der Waals surface area contributed by atoms with E-state index in [4.69, 9.17) is 21.1 Å².